The number of carbonyl (C=O) groups is 1. The molecule has 1 fully saturated rings. The van der Waals surface area contributed by atoms with Crippen molar-refractivity contribution in [1.82, 2.24) is 0 Å². The van der Waals surface area contributed by atoms with Crippen LogP contribution in [0.3, 0.4) is 0 Å². The van der Waals surface area contributed by atoms with E-state index in [4.69, 9.17) is 22.1 Å². The number of nitrogen functional groups attached to an aromatic ring is 1. The van der Waals surface area contributed by atoms with Crippen LogP contribution in [0, 0.1) is 5.92 Å². The van der Waals surface area contributed by atoms with E-state index in [1.165, 1.54) is 0 Å². The van der Waals surface area contributed by atoms with Gasteiger partial charge in [-0.2, -0.15) is 0 Å². The predicted molar refractivity (Wildman–Crippen MR) is 72.6 cm³/mol. The standard InChI is InChI=1S/C13H17ClN2O2/c1-2-12-9(5-6-18-12)13(17)16-11-4-3-8(15)7-10(11)14/h3-4,7,9,12H,2,5-6,15H2,1H3,(H,16,17). The highest BCUT2D eigenvalue weighted by molar-refractivity contribution is 6.34. The van der Waals surface area contributed by atoms with Gasteiger partial charge in [-0.05, 0) is 31.0 Å². The number of nitrogens with one attached hydrogen (secondary N) is 1. The molecule has 0 saturated carbocycles. The highest BCUT2D eigenvalue weighted by Gasteiger charge is 2.32. The van der Waals surface area contributed by atoms with E-state index >= 15 is 0 Å². The van der Waals surface area contributed by atoms with E-state index in [9.17, 15) is 4.79 Å². The number of ether oxygens (including phenoxy) is 1. The maximum atomic E-state index is 12.1. The molecule has 0 aliphatic carbocycles. The Bertz CT molecular complexity index is 451. The lowest BCUT2D eigenvalue weighted by Crippen LogP contribution is -2.29. The molecule has 3 N–H and O–H groups in total. The largest absolute Gasteiger partial charge is 0.399 e. The molecule has 2 unspecified atom stereocenters. The summed E-state index contributed by atoms with van der Waals surface area (Å²) in [6.45, 7) is 2.67. The van der Waals surface area contributed by atoms with Crippen molar-refractivity contribution < 1.29 is 9.53 Å². The second-order valence-corrected chi connectivity index (χ2v) is 4.85. The molecule has 1 aromatic carbocycles. The molecule has 2 atom stereocenters. The quantitative estimate of drug-likeness (QED) is 0.829. The Balaban J connectivity index is 2.07. The lowest BCUT2D eigenvalue weighted by molar-refractivity contribution is -0.121. The topological polar surface area (TPSA) is 64.3 Å². The molecule has 0 radical (unpaired) electrons. The van der Waals surface area contributed by atoms with Gasteiger partial charge in [0.25, 0.3) is 0 Å². The second kappa shape index (κ2) is 5.59. The Morgan fingerprint density at radius 2 is 2.39 bits per heavy atom. The number of carbonyl (C=O) groups excluding carboxylic acids is 1. The van der Waals surface area contributed by atoms with Gasteiger partial charge in [-0.25, -0.2) is 0 Å². The summed E-state index contributed by atoms with van der Waals surface area (Å²) in [4.78, 5) is 12.1. The second-order valence-electron chi connectivity index (χ2n) is 4.44. The number of halogens is 1. The van der Waals surface area contributed by atoms with Crippen LogP contribution in [-0.2, 0) is 9.53 Å². The SMILES string of the molecule is CCC1OCCC1C(=O)Nc1ccc(N)cc1Cl. The molecule has 0 spiro atoms. The minimum Gasteiger partial charge on any atom is -0.399 e. The van der Waals surface area contributed by atoms with E-state index in [2.05, 4.69) is 5.32 Å². The minimum absolute atomic E-state index is 0.0116. The number of hydrogen-bond acceptors (Lipinski definition) is 3. The van der Waals surface area contributed by atoms with E-state index in [1.54, 1.807) is 18.2 Å². The summed E-state index contributed by atoms with van der Waals surface area (Å²) in [5.41, 5.74) is 6.78. The van der Waals surface area contributed by atoms with Crippen LogP contribution in [0.25, 0.3) is 0 Å². The zero-order valence-corrected chi connectivity index (χ0v) is 11.0. The van der Waals surface area contributed by atoms with Gasteiger partial charge >= 0.3 is 0 Å². The fourth-order valence-electron chi connectivity index (χ4n) is 2.21. The van der Waals surface area contributed by atoms with Gasteiger partial charge in [0.15, 0.2) is 0 Å². The molecule has 1 aliphatic heterocycles. The number of rotatable bonds is 3. The fourth-order valence-corrected chi connectivity index (χ4v) is 2.45. The summed E-state index contributed by atoms with van der Waals surface area (Å²) in [5.74, 6) is -0.130. The first-order valence-electron chi connectivity index (χ1n) is 6.09. The number of hydrogen-bond donors (Lipinski definition) is 2. The normalized spacial score (nSPS) is 23.0. The molecule has 2 rings (SSSR count). The molecular formula is C13H17ClN2O2. The van der Waals surface area contributed by atoms with Gasteiger partial charge in [-0.3, -0.25) is 4.79 Å². The molecule has 1 aliphatic rings. The first kappa shape index (κ1) is 13.2. The molecular weight excluding hydrogens is 252 g/mol. The molecule has 4 nitrogen and oxygen atoms in total. The third-order valence-electron chi connectivity index (χ3n) is 3.20. The summed E-state index contributed by atoms with van der Waals surface area (Å²) >= 11 is 6.02. The smallest absolute Gasteiger partial charge is 0.230 e. The maximum Gasteiger partial charge on any atom is 0.230 e. The van der Waals surface area contributed by atoms with Gasteiger partial charge in [0.2, 0.25) is 5.91 Å². The van der Waals surface area contributed by atoms with Crippen molar-refractivity contribution >= 4 is 28.9 Å². The fraction of sp³-hybridized carbons (Fsp3) is 0.462. The zero-order valence-electron chi connectivity index (χ0n) is 10.3. The minimum atomic E-state index is -0.0939. The van der Waals surface area contributed by atoms with E-state index in [0.717, 1.165) is 12.8 Å². The first-order valence-corrected chi connectivity index (χ1v) is 6.47. The van der Waals surface area contributed by atoms with Gasteiger partial charge in [0.05, 0.1) is 22.7 Å². The van der Waals surface area contributed by atoms with Crippen LogP contribution >= 0.6 is 11.6 Å². The Hall–Kier alpha value is -1.26. The van der Waals surface area contributed by atoms with Crippen LogP contribution in [0.4, 0.5) is 11.4 Å². The summed E-state index contributed by atoms with van der Waals surface area (Å²) in [7, 11) is 0. The molecule has 5 heteroatoms. The summed E-state index contributed by atoms with van der Waals surface area (Å²) in [6, 6.07) is 5.05. The summed E-state index contributed by atoms with van der Waals surface area (Å²) in [5, 5.41) is 3.29. The van der Waals surface area contributed by atoms with Crippen LogP contribution in [0.1, 0.15) is 19.8 Å². The third-order valence-corrected chi connectivity index (χ3v) is 3.51. The molecule has 1 heterocycles. The molecule has 1 amide bonds. The van der Waals surface area contributed by atoms with Crippen LogP contribution in [0.15, 0.2) is 18.2 Å². The van der Waals surface area contributed by atoms with Crippen LogP contribution in [-0.4, -0.2) is 18.6 Å². The van der Waals surface area contributed by atoms with Gasteiger partial charge in [0.1, 0.15) is 0 Å². The van der Waals surface area contributed by atoms with Crippen molar-refractivity contribution in [1.29, 1.82) is 0 Å². The van der Waals surface area contributed by atoms with Gasteiger partial charge < -0.3 is 15.8 Å². The zero-order chi connectivity index (χ0) is 13.1. The van der Waals surface area contributed by atoms with Gasteiger partial charge in [-0.1, -0.05) is 18.5 Å². The van der Waals surface area contributed by atoms with Crippen molar-refractivity contribution in [2.75, 3.05) is 17.7 Å². The van der Waals surface area contributed by atoms with Crippen molar-refractivity contribution in [3.8, 4) is 0 Å². The van der Waals surface area contributed by atoms with Crippen molar-refractivity contribution in [3.05, 3.63) is 23.2 Å². The summed E-state index contributed by atoms with van der Waals surface area (Å²) < 4.78 is 5.51. The molecule has 1 aromatic rings. The van der Waals surface area contributed by atoms with Crippen molar-refractivity contribution in [3.63, 3.8) is 0 Å². The lowest BCUT2D eigenvalue weighted by atomic mass is 9.98. The van der Waals surface area contributed by atoms with Crippen LogP contribution < -0.4 is 11.1 Å². The number of benzene rings is 1. The van der Waals surface area contributed by atoms with E-state index in [-0.39, 0.29) is 17.9 Å². The number of nitrogens with two attached hydrogens (primary N) is 1. The monoisotopic (exact) mass is 268 g/mol. The number of anilines is 2. The molecule has 0 bridgehead atoms. The third kappa shape index (κ3) is 2.76. The molecule has 18 heavy (non-hydrogen) atoms. The number of amides is 1. The Morgan fingerprint density at radius 3 is 3.06 bits per heavy atom. The Morgan fingerprint density at radius 1 is 1.61 bits per heavy atom. The van der Waals surface area contributed by atoms with Gasteiger partial charge in [0, 0.05) is 12.3 Å². The lowest BCUT2D eigenvalue weighted by Gasteiger charge is -2.17. The van der Waals surface area contributed by atoms with Crippen molar-refractivity contribution in [2.24, 2.45) is 5.92 Å². The molecule has 98 valence electrons. The van der Waals surface area contributed by atoms with E-state index < -0.39 is 0 Å². The van der Waals surface area contributed by atoms with E-state index in [0.29, 0.717) is 23.0 Å². The van der Waals surface area contributed by atoms with Crippen LogP contribution in [0.2, 0.25) is 5.02 Å². The average Bonchev–Trinajstić information content (AvgIpc) is 2.81. The van der Waals surface area contributed by atoms with E-state index in [1.807, 2.05) is 6.92 Å². The maximum absolute atomic E-state index is 12.1. The van der Waals surface area contributed by atoms with Gasteiger partial charge in [-0.15, -0.1) is 0 Å². The highest BCUT2D eigenvalue weighted by Crippen LogP contribution is 2.28. The van der Waals surface area contributed by atoms with Crippen molar-refractivity contribution in [2.45, 2.75) is 25.9 Å². The molecule has 0 aromatic heterocycles. The predicted octanol–water partition coefficient (Wildman–Crippen LogP) is 2.68. The average molecular weight is 269 g/mol. The first-order chi connectivity index (χ1) is 8.61. The Kier molecular flexibility index (Phi) is 4.09. The molecule has 1 saturated heterocycles. The summed E-state index contributed by atoms with van der Waals surface area (Å²) in [6.07, 6.45) is 1.61. The van der Waals surface area contributed by atoms with Crippen LogP contribution in [0.5, 0.6) is 0 Å². The highest BCUT2D eigenvalue weighted by atomic mass is 35.5. The Labute approximate surface area is 111 Å².